The van der Waals surface area contributed by atoms with Crippen LogP contribution in [0.4, 0.5) is 17.1 Å². The van der Waals surface area contributed by atoms with Crippen LogP contribution in [0.5, 0.6) is 0 Å². The Morgan fingerprint density at radius 2 is 0.796 bits per heavy atom. The summed E-state index contributed by atoms with van der Waals surface area (Å²) >= 11 is 0. The van der Waals surface area contributed by atoms with Crippen molar-refractivity contribution in [2.24, 2.45) is 0 Å². The molecule has 0 fully saturated rings. The maximum absolute atomic E-state index is 2.43. The second-order valence-corrected chi connectivity index (χ2v) is 13.8. The summed E-state index contributed by atoms with van der Waals surface area (Å²) < 4.78 is 2.42. The Balaban J connectivity index is 1.23. The van der Waals surface area contributed by atoms with Crippen molar-refractivity contribution in [3.8, 4) is 39.1 Å². The van der Waals surface area contributed by atoms with Crippen LogP contribution in [0.1, 0.15) is 0 Å². The molecule has 10 aromatic rings. The smallest absolute Gasteiger partial charge is 0.0541 e. The Kier molecular flexibility index (Phi) is 7.85. The van der Waals surface area contributed by atoms with Crippen molar-refractivity contribution in [1.82, 2.24) is 4.57 Å². The highest BCUT2D eigenvalue weighted by Crippen LogP contribution is 2.45. The van der Waals surface area contributed by atoms with Crippen molar-refractivity contribution in [2.75, 3.05) is 4.90 Å². The summed E-state index contributed by atoms with van der Waals surface area (Å²) in [5, 5.41) is 4.92. The molecule has 1 heterocycles. The number of fused-ring (bicyclic) bond motifs is 4. The molecule has 0 bridgehead atoms. The topological polar surface area (TPSA) is 8.17 Å². The summed E-state index contributed by atoms with van der Waals surface area (Å²) in [6.45, 7) is 0. The van der Waals surface area contributed by atoms with E-state index in [0.29, 0.717) is 0 Å². The summed E-state index contributed by atoms with van der Waals surface area (Å²) in [7, 11) is 0. The molecule has 0 aliphatic carbocycles. The summed E-state index contributed by atoms with van der Waals surface area (Å²) in [4.78, 5) is 2.43. The van der Waals surface area contributed by atoms with Gasteiger partial charge >= 0.3 is 0 Å². The fourth-order valence-electron chi connectivity index (χ4n) is 8.08. The highest BCUT2D eigenvalue weighted by molar-refractivity contribution is 6.10. The maximum atomic E-state index is 2.43. The molecule has 2 nitrogen and oxygen atoms in total. The largest absolute Gasteiger partial charge is 0.310 e. The molecule has 0 saturated carbocycles. The van der Waals surface area contributed by atoms with E-state index in [4.69, 9.17) is 0 Å². The first kappa shape index (κ1) is 31.6. The standard InChI is InChI=1S/C52H36N2/c1-3-17-37(18-4-1)39-22-15-24-42(33-39)53(43-25-16-23-40(34-43)38-19-5-2-6-20-38)50-30-12-11-29-48(50)49-36-44(35-41-21-7-8-26-45(41)49)54-51-31-13-9-27-46(51)47-28-10-14-32-52(47)54/h1-36H. The van der Waals surface area contributed by atoms with Gasteiger partial charge in [0, 0.05) is 33.4 Å². The molecule has 0 radical (unpaired) electrons. The molecule has 0 saturated heterocycles. The van der Waals surface area contributed by atoms with Crippen molar-refractivity contribution < 1.29 is 0 Å². The summed E-state index contributed by atoms with van der Waals surface area (Å²) in [6, 6.07) is 79.0. The SMILES string of the molecule is c1ccc(-c2cccc(N(c3cccc(-c4ccccc4)c3)c3ccccc3-c3cc(-n4c5ccccc5c5ccccc54)cc4ccccc34)c2)cc1. The Morgan fingerprint density at radius 1 is 0.315 bits per heavy atom. The Morgan fingerprint density at radius 3 is 1.41 bits per heavy atom. The van der Waals surface area contributed by atoms with Crippen LogP contribution in [0.3, 0.4) is 0 Å². The van der Waals surface area contributed by atoms with Gasteiger partial charge in [-0.15, -0.1) is 0 Å². The van der Waals surface area contributed by atoms with Gasteiger partial charge in [-0.1, -0.05) is 164 Å². The van der Waals surface area contributed by atoms with Crippen molar-refractivity contribution in [3.05, 3.63) is 218 Å². The number of hydrogen-bond donors (Lipinski definition) is 0. The van der Waals surface area contributed by atoms with E-state index in [2.05, 4.69) is 228 Å². The van der Waals surface area contributed by atoms with Gasteiger partial charge in [0.2, 0.25) is 0 Å². The average Bonchev–Trinajstić information content (AvgIpc) is 3.59. The van der Waals surface area contributed by atoms with Crippen molar-refractivity contribution >= 4 is 49.6 Å². The van der Waals surface area contributed by atoms with E-state index in [1.165, 1.54) is 60.4 Å². The molecular formula is C52H36N2. The van der Waals surface area contributed by atoms with Crippen LogP contribution in [-0.2, 0) is 0 Å². The summed E-state index contributed by atoms with van der Waals surface area (Å²) in [5.74, 6) is 0. The second-order valence-electron chi connectivity index (χ2n) is 13.8. The summed E-state index contributed by atoms with van der Waals surface area (Å²) in [5.41, 5.74) is 13.9. The Bertz CT molecular complexity index is 2800. The molecule has 9 aromatic carbocycles. The third-order valence-corrected chi connectivity index (χ3v) is 10.5. The minimum atomic E-state index is 1.09. The van der Waals surface area contributed by atoms with Gasteiger partial charge < -0.3 is 9.47 Å². The highest BCUT2D eigenvalue weighted by Gasteiger charge is 2.21. The molecule has 0 aliphatic rings. The van der Waals surface area contributed by atoms with Crippen LogP contribution in [0.15, 0.2) is 218 Å². The number of nitrogens with zero attached hydrogens (tertiary/aromatic N) is 2. The third kappa shape index (κ3) is 5.53. The number of anilines is 3. The quantitative estimate of drug-likeness (QED) is 0.162. The Hall–Kier alpha value is -7.16. The van der Waals surface area contributed by atoms with Gasteiger partial charge in [-0.05, 0) is 93.2 Å². The van der Waals surface area contributed by atoms with E-state index in [-0.39, 0.29) is 0 Å². The molecule has 10 rings (SSSR count). The number of benzene rings is 9. The fourth-order valence-corrected chi connectivity index (χ4v) is 8.08. The molecule has 54 heavy (non-hydrogen) atoms. The van der Waals surface area contributed by atoms with E-state index in [9.17, 15) is 0 Å². The highest BCUT2D eigenvalue weighted by atomic mass is 15.1. The van der Waals surface area contributed by atoms with Gasteiger partial charge in [0.15, 0.2) is 0 Å². The lowest BCUT2D eigenvalue weighted by atomic mass is 9.94. The van der Waals surface area contributed by atoms with Crippen LogP contribution in [-0.4, -0.2) is 4.57 Å². The van der Waals surface area contributed by atoms with Crippen LogP contribution < -0.4 is 4.90 Å². The van der Waals surface area contributed by atoms with E-state index >= 15 is 0 Å². The zero-order chi connectivity index (χ0) is 35.8. The van der Waals surface area contributed by atoms with E-state index in [1.807, 2.05) is 0 Å². The molecule has 0 aliphatic heterocycles. The molecule has 1 aromatic heterocycles. The summed E-state index contributed by atoms with van der Waals surface area (Å²) in [6.07, 6.45) is 0. The van der Waals surface area contributed by atoms with Gasteiger partial charge in [0.25, 0.3) is 0 Å². The minimum Gasteiger partial charge on any atom is -0.310 e. The van der Waals surface area contributed by atoms with E-state index in [1.54, 1.807) is 0 Å². The maximum Gasteiger partial charge on any atom is 0.0541 e. The monoisotopic (exact) mass is 688 g/mol. The molecule has 0 unspecified atom stereocenters. The first-order chi connectivity index (χ1) is 26.8. The zero-order valence-electron chi connectivity index (χ0n) is 29.7. The zero-order valence-corrected chi connectivity index (χ0v) is 29.7. The second kappa shape index (κ2) is 13.4. The minimum absolute atomic E-state index is 1.09. The Labute approximate surface area is 315 Å². The molecule has 0 atom stereocenters. The molecular weight excluding hydrogens is 653 g/mol. The lowest BCUT2D eigenvalue weighted by Crippen LogP contribution is -2.11. The van der Waals surface area contributed by atoms with Crippen molar-refractivity contribution in [3.63, 3.8) is 0 Å². The predicted molar refractivity (Wildman–Crippen MR) is 229 cm³/mol. The molecule has 254 valence electrons. The van der Waals surface area contributed by atoms with Gasteiger partial charge in [-0.25, -0.2) is 0 Å². The van der Waals surface area contributed by atoms with Crippen LogP contribution in [0.25, 0.3) is 71.6 Å². The molecule has 0 amide bonds. The first-order valence-electron chi connectivity index (χ1n) is 18.5. The number of rotatable bonds is 7. The number of para-hydroxylation sites is 3. The normalized spacial score (nSPS) is 11.3. The lowest BCUT2D eigenvalue weighted by Gasteiger charge is -2.29. The average molecular weight is 689 g/mol. The first-order valence-corrected chi connectivity index (χ1v) is 18.5. The van der Waals surface area contributed by atoms with Crippen LogP contribution in [0.2, 0.25) is 0 Å². The van der Waals surface area contributed by atoms with Crippen LogP contribution in [0, 0.1) is 0 Å². The number of hydrogen-bond acceptors (Lipinski definition) is 1. The predicted octanol–water partition coefficient (Wildman–Crippen LogP) is 14.4. The van der Waals surface area contributed by atoms with E-state index in [0.717, 1.165) is 28.3 Å². The van der Waals surface area contributed by atoms with Gasteiger partial charge in [0.1, 0.15) is 0 Å². The number of aromatic nitrogens is 1. The van der Waals surface area contributed by atoms with Gasteiger partial charge in [-0.3, -0.25) is 0 Å². The van der Waals surface area contributed by atoms with Crippen LogP contribution >= 0.6 is 0 Å². The van der Waals surface area contributed by atoms with Crippen molar-refractivity contribution in [1.29, 1.82) is 0 Å². The van der Waals surface area contributed by atoms with Gasteiger partial charge in [0.05, 0.1) is 16.7 Å². The molecule has 2 heteroatoms. The molecule has 0 spiro atoms. The lowest BCUT2D eigenvalue weighted by molar-refractivity contribution is 1.19. The third-order valence-electron chi connectivity index (χ3n) is 10.5. The van der Waals surface area contributed by atoms with Crippen molar-refractivity contribution in [2.45, 2.75) is 0 Å². The molecule has 0 N–H and O–H groups in total. The van der Waals surface area contributed by atoms with Gasteiger partial charge in [-0.2, -0.15) is 0 Å². The van der Waals surface area contributed by atoms with E-state index < -0.39 is 0 Å². The fraction of sp³-hybridized carbons (Fsp3) is 0.